The number of carbonyl (C=O) groups excluding carboxylic acids is 2. The number of rotatable bonds is 11. The molecule has 3 heterocycles. The molecule has 0 N–H and O–H groups in total. The predicted octanol–water partition coefficient (Wildman–Crippen LogP) is 3.99. The Morgan fingerprint density at radius 3 is 2.29 bits per heavy atom. The van der Waals surface area contributed by atoms with E-state index in [0.717, 1.165) is 5.56 Å². The molecular formula is C31H26N4O6. The monoisotopic (exact) mass is 550 g/mol. The molecule has 0 aliphatic carbocycles. The molecule has 41 heavy (non-hydrogen) atoms. The van der Waals surface area contributed by atoms with Crippen LogP contribution >= 0.6 is 0 Å². The van der Waals surface area contributed by atoms with E-state index in [2.05, 4.69) is 10.3 Å². The molecule has 2 aromatic heterocycles. The number of para-hydroxylation sites is 1. The van der Waals surface area contributed by atoms with Gasteiger partial charge < -0.3 is 13.9 Å². The lowest BCUT2D eigenvalue weighted by Gasteiger charge is -2.12. The molecular weight excluding hydrogens is 524 g/mol. The largest absolute Gasteiger partial charge is 0.491 e. The van der Waals surface area contributed by atoms with Gasteiger partial charge in [-0.25, -0.2) is 4.68 Å². The van der Waals surface area contributed by atoms with Crippen LogP contribution in [0.3, 0.4) is 0 Å². The third-order valence-corrected chi connectivity index (χ3v) is 6.79. The first kappa shape index (κ1) is 26.1. The van der Waals surface area contributed by atoms with E-state index >= 15 is 0 Å². The number of carbonyl (C=O) groups is 2. The first-order valence-corrected chi connectivity index (χ1v) is 13.2. The third-order valence-electron chi connectivity index (χ3n) is 6.79. The van der Waals surface area contributed by atoms with Gasteiger partial charge in [-0.2, -0.15) is 0 Å². The van der Waals surface area contributed by atoms with Crippen molar-refractivity contribution in [1.29, 1.82) is 0 Å². The number of nitrogens with zero attached hydrogens (tertiary/aromatic N) is 4. The molecule has 1 aliphatic rings. The molecule has 0 atom stereocenters. The Kier molecular flexibility index (Phi) is 7.38. The van der Waals surface area contributed by atoms with Crippen molar-refractivity contribution in [3.05, 3.63) is 112 Å². The van der Waals surface area contributed by atoms with Crippen LogP contribution in [-0.4, -0.2) is 58.1 Å². The highest BCUT2D eigenvalue weighted by molar-refractivity contribution is 6.21. The SMILES string of the molecule is O=C1c2ccccc2C(=O)N1CCc1cn(CCOCCOc2ccc(-c3cc(=O)c4ccccc4o3)cc2)nn1. The van der Waals surface area contributed by atoms with Gasteiger partial charge in [0.05, 0.1) is 42.0 Å². The van der Waals surface area contributed by atoms with Gasteiger partial charge >= 0.3 is 0 Å². The summed E-state index contributed by atoms with van der Waals surface area (Å²) in [6, 6.07) is 22.8. The van der Waals surface area contributed by atoms with Crippen LogP contribution in [0.5, 0.6) is 5.75 Å². The highest BCUT2D eigenvalue weighted by Gasteiger charge is 2.34. The number of hydrogen-bond acceptors (Lipinski definition) is 8. The van der Waals surface area contributed by atoms with Crippen molar-refractivity contribution in [1.82, 2.24) is 19.9 Å². The summed E-state index contributed by atoms with van der Waals surface area (Å²) in [7, 11) is 0. The molecule has 0 radical (unpaired) electrons. The summed E-state index contributed by atoms with van der Waals surface area (Å²) in [5, 5.41) is 8.79. The summed E-state index contributed by atoms with van der Waals surface area (Å²) in [4.78, 5) is 38.6. The van der Waals surface area contributed by atoms with Crippen LogP contribution in [0, 0.1) is 0 Å². The number of ether oxygens (including phenoxy) is 2. The highest BCUT2D eigenvalue weighted by Crippen LogP contribution is 2.25. The van der Waals surface area contributed by atoms with Crippen LogP contribution in [-0.2, 0) is 17.7 Å². The van der Waals surface area contributed by atoms with Gasteiger partial charge in [0.25, 0.3) is 11.8 Å². The van der Waals surface area contributed by atoms with Gasteiger partial charge in [-0.3, -0.25) is 19.3 Å². The number of fused-ring (bicyclic) bond motifs is 2. The minimum Gasteiger partial charge on any atom is -0.491 e. The number of amides is 2. The first-order valence-electron chi connectivity index (χ1n) is 13.2. The molecule has 1 aliphatic heterocycles. The van der Waals surface area contributed by atoms with Gasteiger partial charge in [0.2, 0.25) is 0 Å². The van der Waals surface area contributed by atoms with Crippen molar-refractivity contribution in [3.8, 4) is 17.1 Å². The predicted molar refractivity (Wildman–Crippen MR) is 150 cm³/mol. The first-order chi connectivity index (χ1) is 20.1. The van der Waals surface area contributed by atoms with E-state index in [1.54, 1.807) is 47.3 Å². The molecule has 10 nitrogen and oxygen atoms in total. The molecule has 0 spiro atoms. The average molecular weight is 551 g/mol. The van der Waals surface area contributed by atoms with Crippen LogP contribution in [0.2, 0.25) is 0 Å². The summed E-state index contributed by atoms with van der Waals surface area (Å²) in [6.07, 6.45) is 2.21. The van der Waals surface area contributed by atoms with E-state index in [-0.39, 0.29) is 23.8 Å². The maximum Gasteiger partial charge on any atom is 0.261 e. The van der Waals surface area contributed by atoms with Crippen molar-refractivity contribution >= 4 is 22.8 Å². The normalized spacial score (nSPS) is 12.7. The van der Waals surface area contributed by atoms with Crippen LogP contribution in [0.15, 0.2) is 94.3 Å². The van der Waals surface area contributed by atoms with Gasteiger partial charge in [0.1, 0.15) is 23.7 Å². The summed E-state index contributed by atoms with van der Waals surface area (Å²) in [5.74, 6) is 0.633. The third kappa shape index (κ3) is 5.64. The molecule has 5 aromatic rings. The Hall–Kier alpha value is -5.09. The average Bonchev–Trinajstić information content (AvgIpc) is 3.55. The fourth-order valence-corrected chi connectivity index (χ4v) is 4.67. The molecule has 10 heteroatoms. The van der Waals surface area contributed by atoms with Gasteiger partial charge in [-0.15, -0.1) is 5.10 Å². The summed E-state index contributed by atoms with van der Waals surface area (Å²) >= 11 is 0. The molecule has 206 valence electrons. The lowest BCUT2D eigenvalue weighted by molar-refractivity contribution is 0.0655. The van der Waals surface area contributed by atoms with Gasteiger partial charge in [-0.1, -0.05) is 29.5 Å². The van der Waals surface area contributed by atoms with E-state index in [9.17, 15) is 14.4 Å². The Labute approximate surface area is 234 Å². The van der Waals surface area contributed by atoms with E-state index in [0.29, 0.717) is 72.1 Å². The van der Waals surface area contributed by atoms with Crippen LogP contribution in [0.1, 0.15) is 26.4 Å². The number of hydrogen-bond donors (Lipinski definition) is 0. The molecule has 0 fully saturated rings. The van der Waals surface area contributed by atoms with E-state index in [4.69, 9.17) is 13.9 Å². The molecule has 0 saturated carbocycles. The van der Waals surface area contributed by atoms with E-state index in [1.807, 2.05) is 36.4 Å². The van der Waals surface area contributed by atoms with Crippen molar-refractivity contribution < 1.29 is 23.5 Å². The Morgan fingerprint density at radius 1 is 0.780 bits per heavy atom. The Morgan fingerprint density at radius 2 is 1.51 bits per heavy atom. The maximum atomic E-state index is 12.5. The quantitative estimate of drug-likeness (QED) is 0.179. The molecule has 0 bridgehead atoms. The molecule has 3 aromatic carbocycles. The van der Waals surface area contributed by atoms with Crippen molar-refractivity contribution in [3.63, 3.8) is 0 Å². The lowest BCUT2D eigenvalue weighted by Crippen LogP contribution is -2.31. The second kappa shape index (κ2) is 11.6. The zero-order valence-electron chi connectivity index (χ0n) is 22.1. The molecule has 2 amide bonds. The lowest BCUT2D eigenvalue weighted by atomic mass is 10.1. The van der Waals surface area contributed by atoms with Crippen molar-refractivity contribution in [2.24, 2.45) is 0 Å². The minimum absolute atomic E-state index is 0.0807. The van der Waals surface area contributed by atoms with Crippen LogP contribution in [0.4, 0.5) is 0 Å². The standard InChI is InChI=1S/C31H26N4O6/c36-27-19-29(41-28-8-4-3-7-26(27)28)21-9-11-23(12-10-21)40-18-17-39-16-15-34-20-22(32-33-34)13-14-35-30(37)24-5-1-2-6-25(24)31(35)38/h1-12,19-20H,13-18H2. The fourth-order valence-electron chi connectivity index (χ4n) is 4.67. The zero-order chi connectivity index (χ0) is 28.2. The second-order valence-corrected chi connectivity index (χ2v) is 9.49. The van der Waals surface area contributed by atoms with Gasteiger partial charge in [-0.05, 0) is 48.5 Å². The minimum atomic E-state index is -0.275. The smallest absolute Gasteiger partial charge is 0.261 e. The van der Waals surface area contributed by atoms with E-state index in [1.165, 1.54) is 11.0 Å². The number of benzene rings is 3. The topological polar surface area (TPSA) is 117 Å². The maximum absolute atomic E-state index is 12.5. The Balaban J connectivity index is 0.914. The molecule has 0 saturated heterocycles. The Bertz CT molecular complexity index is 1740. The summed E-state index contributed by atoms with van der Waals surface area (Å²) < 4.78 is 19.0. The second-order valence-electron chi connectivity index (χ2n) is 9.49. The number of aromatic nitrogens is 3. The van der Waals surface area contributed by atoms with Crippen LogP contribution < -0.4 is 10.2 Å². The highest BCUT2D eigenvalue weighted by atomic mass is 16.5. The van der Waals surface area contributed by atoms with Crippen molar-refractivity contribution in [2.45, 2.75) is 13.0 Å². The molecule has 6 rings (SSSR count). The summed E-state index contributed by atoms with van der Waals surface area (Å²) in [5.41, 5.74) is 2.83. The fraction of sp³-hybridized carbons (Fsp3) is 0.194. The van der Waals surface area contributed by atoms with E-state index < -0.39 is 0 Å². The van der Waals surface area contributed by atoms with Crippen molar-refractivity contribution in [2.75, 3.05) is 26.4 Å². The van der Waals surface area contributed by atoms with Gasteiger partial charge in [0.15, 0.2) is 5.43 Å². The zero-order valence-corrected chi connectivity index (χ0v) is 22.1. The molecule has 0 unspecified atom stereocenters. The number of imide groups is 1. The van der Waals surface area contributed by atoms with Gasteiger partial charge in [0, 0.05) is 30.8 Å². The summed E-state index contributed by atoms with van der Waals surface area (Å²) in [6.45, 7) is 1.93. The van der Waals surface area contributed by atoms with Crippen LogP contribution in [0.25, 0.3) is 22.3 Å².